The molecule has 5 heteroatoms. The summed E-state index contributed by atoms with van der Waals surface area (Å²) in [6.45, 7) is 0.799. The predicted octanol–water partition coefficient (Wildman–Crippen LogP) is 4.78. The highest BCUT2D eigenvalue weighted by Gasteiger charge is 2.22. The number of carboxylic acid groups (broad SMARTS) is 1. The van der Waals surface area contributed by atoms with Gasteiger partial charge in [0.15, 0.2) is 0 Å². The first kappa shape index (κ1) is 17.7. The molecule has 1 atom stereocenters. The summed E-state index contributed by atoms with van der Waals surface area (Å²) in [7, 11) is 0. The molecular formula is C22H24N2O3. The molecule has 1 aromatic carbocycles. The maximum absolute atomic E-state index is 11.3. The first-order valence-electron chi connectivity index (χ1n) is 9.68. The molecule has 4 rings (SSSR count). The Balaban J connectivity index is 1.48. The average molecular weight is 364 g/mol. The van der Waals surface area contributed by atoms with Gasteiger partial charge in [-0.1, -0.05) is 18.9 Å². The Morgan fingerprint density at radius 2 is 2.19 bits per heavy atom. The number of carbonyl (C=O) groups is 1. The number of aliphatic imine (C=N–C) groups is 1. The van der Waals surface area contributed by atoms with Crippen LogP contribution < -0.4 is 4.74 Å². The smallest absolute Gasteiger partial charge is 0.338 e. The summed E-state index contributed by atoms with van der Waals surface area (Å²) < 4.78 is 5.92. The molecule has 1 N–H and O–H groups in total. The van der Waals surface area contributed by atoms with Gasteiger partial charge in [0.05, 0.1) is 24.1 Å². The molecule has 2 aliphatic rings. The molecule has 0 saturated heterocycles. The van der Waals surface area contributed by atoms with Gasteiger partial charge in [-0.2, -0.15) is 0 Å². The number of fused-ring (bicyclic) bond motifs is 1. The van der Waals surface area contributed by atoms with Crippen LogP contribution in [0.25, 0.3) is 0 Å². The first-order valence-corrected chi connectivity index (χ1v) is 9.68. The predicted molar refractivity (Wildman–Crippen MR) is 104 cm³/mol. The van der Waals surface area contributed by atoms with Crippen molar-refractivity contribution < 1.29 is 14.6 Å². The van der Waals surface area contributed by atoms with E-state index in [1.807, 2.05) is 12.3 Å². The molecular weight excluding hydrogens is 340 g/mol. The maximum atomic E-state index is 11.3. The van der Waals surface area contributed by atoms with E-state index >= 15 is 0 Å². The molecule has 0 radical (unpaired) electrons. The van der Waals surface area contributed by atoms with Gasteiger partial charge in [0.2, 0.25) is 0 Å². The lowest BCUT2D eigenvalue weighted by molar-refractivity contribution is 0.0697. The number of rotatable bonds is 7. The molecule has 0 bridgehead atoms. The van der Waals surface area contributed by atoms with Gasteiger partial charge in [0.1, 0.15) is 5.75 Å². The van der Waals surface area contributed by atoms with Gasteiger partial charge in [0, 0.05) is 18.3 Å². The van der Waals surface area contributed by atoms with E-state index in [-0.39, 0.29) is 11.5 Å². The van der Waals surface area contributed by atoms with Crippen LogP contribution in [0.3, 0.4) is 0 Å². The summed E-state index contributed by atoms with van der Waals surface area (Å²) in [4.78, 5) is 19.8. The van der Waals surface area contributed by atoms with Crippen molar-refractivity contribution in [1.82, 2.24) is 4.98 Å². The van der Waals surface area contributed by atoms with Crippen molar-refractivity contribution in [3.05, 3.63) is 53.3 Å². The Labute approximate surface area is 159 Å². The van der Waals surface area contributed by atoms with Gasteiger partial charge < -0.3 is 9.84 Å². The van der Waals surface area contributed by atoms with E-state index in [9.17, 15) is 9.90 Å². The summed E-state index contributed by atoms with van der Waals surface area (Å²) in [5, 5.41) is 9.28. The van der Waals surface area contributed by atoms with E-state index in [2.05, 4.69) is 22.1 Å². The molecule has 0 spiro atoms. The summed E-state index contributed by atoms with van der Waals surface area (Å²) >= 11 is 0. The van der Waals surface area contributed by atoms with Gasteiger partial charge in [-0.3, -0.25) is 9.98 Å². The number of benzene rings is 1. The number of aryl methyl sites for hydroxylation is 1. The largest absolute Gasteiger partial charge is 0.494 e. The van der Waals surface area contributed by atoms with E-state index < -0.39 is 5.97 Å². The molecule has 1 fully saturated rings. The molecule has 140 valence electrons. The highest BCUT2D eigenvalue weighted by Crippen LogP contribution is 2.35. The molecule has 1 unspecified atom stereocenters. The number of aromatic carboxylic acids is 1. The van der Waals surface area contributed by atoms with Crippen molar-refractivity contribution in [1.29, 1.82) is 0 Å². The monoisotopic (exact) mass is 364 g/mol. The number of nitrogens with zero attached hydrogens (tertiary/aromatic N) is 2. The van der Waals surface area contributed by atoms with Crippen molar-refractivity contribution in [3.63, 3.8) is 0 Å². The number of hydrogen-bond acceptors (Lipinski definition) is 4. The Hall–Kier alpha value is -2.69. The Morgan fingerprint density at radius 1 is 1.30 bits per heavy atom. The lowest BCUT2D eigenvalue weighted by Crippen LogP contribution is -2.11. The van der Waals surface area contributed by atoms with Crippen LogP contribution in [-0.2, 0) is 6.42 Å². The summed E-state index contributed by atoms with van der Waals surface area (Å²) in [5.74, 6) is 1.04. The van der Waals surface area contributed by atoms with Crippen LogP contribution in [0.5, 0.6) is 5.75 Å². The third-order valence-electron chi connectivity index (χ3n) is 5.39. The minimum atomic E-state index is -0.985. The van der Waals surface area contributed by atoms with Crippen LogP contribution in [0.4, 0.5) is 5.69 Å². The molecule has 5 nitrogen and oxygen atoms in total. The van der Waals surface area contributed by atoms with Crippen LogP contribution in [0.2, 0.25) is 0 Å². The summed E-state index contributed by atoms with van der Waals surface area (Å²) in [5.41, 5.74) is 3.15. The SMILES string of the molecule is O=C(O)c1ccncc1N=CC1CCCc2cc(OCCC3CC3)ccc21. The summed E-state index contributed by atoms with van der Waals surface area (Å²) in [6.07, 6.45) is 11.9. The second-order valence-electron chi connectivity index (χ2n) is 7.42. The summed E-state index contributed by atoms with van der Waals surface area (Å²) in [6, 6.07) is 7.83. The molecule has 1 aromatic heterocycles. The minimum Gasteiger partial charge on any atom is -0.494 e. The molecule has 2 aromatic rings. The fourth-order valence-corrected chi connectivity index (χ4v) is 3.66. The molecule has 1 heterocycles. The lowest BCUT2D eigenvalue weighted by Gasteiger charge is -2.23. The topological polar surface area (TPSA) is 71.8 Å². The van der Waals surface area contributed by atoms with Crippen molar-refractivity contribution in [3.8, 4) is 5.75 Å². The van der Waals surface area contributed by atoms with Crippen LogP contribution in [0.1, 0.15) is 59.5 Å². The average Bonchev–Trinajstić information content (AvgIpc) is 3.50. The van der Waals surface area contributed by atoms with Crippen molar-refractivity contribution >= 4 is 17.9 Å². The number of ether oxygens (including phenoxy) is 1. The van der Waals surface area contributed by atoms with Crippen molar-refractivity contribution in [2.75, 3.05) is 6.61 Å². The number of pyridine rings is 1. The molecule has 1 saturated carbocycles. The highest BCUT2D eigenvalue weighted by molar-refractivity contribution is 5.94. The van der Waals surface area contributed by atoms with Gasteiger partial charge >= 0.3 is 5.97 Å². The second-order valence-corrected chi connectivity index (χ2v) is 7.42. The minimum absolute atomic E-state index is 0.177. The van der Waals surface area contributed by atoms with Gasteiger partial charge in [-0.25, -0.2) is 4.79 Å². The Bertz CT molecular complexity index is 858. The van der Waals surface area contributed by atoms with E-state index in [0.29, 0.717) is 5.69 Å². The van der Waals surface area contributed by atoms with Crippen LogP contribution in [0, 0.1) is 5.92 Å². The normalized spacial score (nSPS) is 19.0. The van der Waals surface area contributed by atoms with Crippen LogP contribution in [0.15, 0.2) is 41.7 Å². The Kier molecular flexibility index (Phi) is 5.19. The maximum Gasteiger partial charge on any atom is 0.338 e. The lowest BCUT2D eigenvalue weighted by atomic mass is 9.83. The fraction of sp³-hybridized carbons (Fsp3) is 0.409. The molecule has 27 heavy (non-hydrogen) atoms. The molecule has 2 aliphatic carbocycles. The Morgan fingerprint density at radius 3 is 3.00 bits per heavy atom. The zero-order chi connectivity index (χ0) is 18.6. The number of carboxylic acids is 1. The van der Waals surface area contributed by atoms with Gasteiger partial charge in [0.25, 0.3) is 0 Å². The van der Waals surface area contributed by atoms with E-state index in [4.69, 9.17) is 4.74 Å². The standard InChI is InChI=1S/C22H24N2O3/c25-22(26)20-8-10-23-14-21(20)24-13-17-3-1-2-16-12-18(6-7-19(16)17)27-11-9-15-4-5-15/h6-8,10,12-15,17H,1-5,9,11H2,(H,25,26). The van der Waals surface area contributed by atoms with E-state index in [1.165, 1.54) is 42.4 Å². The van der Waals surface area contributed by atoms with Gasteiger partial charge in [-0.15, -0.1) is 0 Å². The van der Waals surface area contributed by atoms with Crippen LogP contribution >= 0.6 is 0 Å². The highest BCUT2D eigenvalue weighted by atomic mass is 16.5. The van der Waals surface area contributed by atoms with Crippen molar-refractivity contribution in [2.45, 2.75) is 44.4 Å². The first-order chi connectivity index (χ1) is 13.2. The van der Waals surface area contributed by atoms with E-state index in [1.54, 1.807) is 0 Å². The zero-order valence-electron chi connectivity index (χ0n) is 15.3. The van der Waals surface area contributed by atoms with E-state index in [0.717, 1.165) is 44.0 Å². The number of hydrogen-bond donors (Lipinski definition) is 1. The second kappa shape index (κ2) is 7.91. The van der Waals surface area contributed by atoms with Gasteiger partial charge in [-0.05, 0) is 60.9 Å². The third kappa shape index (κ3) is 4.35. The molecule has 0 aliphatic heterocycles. The van der Waals surface area contributed by atoms with Crippen LogP contribution in [-0.4, -0.2) is 28.9 Å². The fourth-order valence-electron chi connectivity index (χ4n) is 3.66. The number of aromatic nitrogens is 1. The third-order valence-corrected chi connectivity index (χ3v) is 5.39. The quantitative estimate of drug-likeness (QED) is 0.718. The van der Waals surface area contributed by atoms with Crippen molar-refractivity contribution in [2.24, 2.45) is 10.9 Å². The zero-order valence-corrected chi connectivity index (χ0v) is 15.3. The molecule has 0 amide bonds.